The maximum atomic E-state index is 14.0. The summed E-state index contributed by atoms with van der Waals surface area (Å²) < 4.78 is 19.2. The summed E-state index contributed by atoms with van der Waals surface area (Å²) >= 11 is 0. The summed E-state index contributed by atoms with van der Waals surface area (Å²) in [6, 6.07) is 22.6. The second kappa shape index (κ2) is 8.32. The predicted octanol–water partition coefficient (Wildman–Crippen LogP) is 4.59. The Morgan fingerprint density at radius 1 is 0.935 bits per heavy atom. The van der Waals surface area contributed by atoms with Gasteiger partial charge in [0.1, 0.15) is 5.82 Å². The van der Waals surface area contributed by atoms with Crippen molar-refractivity contribution in [3.63, 3.8) is 0 Å². The number of fused-ring (bicyclic) bond motifs is 1. The molecule has 31 heavy (non-hydrogen) atoms. The van der Waals surface area contributed by atoms with Crippen molar-refractivity contribution in [3.05, 3.63) is 89.9 Å². The molecule has 1 aliphatic rings. The van der Waals surface area contributed by atoms with E-state index in [0.29, 0.717) is 18.7 Å². The number of benzene rings is 3. The molecule has 2 heterocycles. The molecule has 5 rings (SSSR count). The normalized spacial score (nSPS) is 14.8. The summed E-state index contributed by atoms with van der Waals surface area (Å²) in [7, 11) is 0. The molecular formula is C25H22FN3O2. The van der Waals surface area contributed by atoms with Gasteiger partial charge in [0.25, 0.3) is 5.91 Å². The number of hydrogen-bond acceptors (Lipinski definition) is 4. The van der Waals surface area contributed by atoms with Crippen LogP contribution in [0.5, 0.6) is 0 Å². The van der Waals surface area contributed by atoms with Crippen LogP contribution in [-0.2, 0) is 6.54 Å². The molecule has 6 heteroatoms. The molecule has 0 atom stereocenters. The van der Waals surface area contributed by atoms with E-state index in [2.05, 4.69) is 52.5 Å². The number of carbonyl (C=O) groups excluding carboxylic acids is 1. The van der Waals surface area contributed by atoms with Crippen LogP contribution >= 0.6 is 0 Å². The fraction of sp³-hybridized carbons (Fsp3) is 0.200. The first-order valence-electron chi connectivity index (χ1n) is 10.4. The number of amides is 1. The van der Waals surface area contributed by atoms with E-state index in [4.69, 9.17) is 4.52 Å². The molecule has 0 saturated carbocycles. The molecule has 3 aromatic carbocycles. The molecule has 1 fully saturated rings. The van der Waals surface area contributed by atoms with Gasteiger partial charge in [0.05, 0.1) is 5.56 Å². The van der Waals surface area contributed by atoms with E-state index in [9.17, 15) is 9.18 Å². The van der Waals surface area contributed by atoms with Crippen LogP contribution in [0.3, 0.4) is 0 Å². The van der Waals surface area contributed by atoms with Gasteiger partial charge in [0.2, 0.25) is 0 Å². The quantitative estimate of drug-likeness (QED) is 0.489. The Balaban J connectivity index is 1.24. The van der Waals surface area contributed by atoms with Crippen LogP contribution in [0.1, 0.15) is 16.1 Å². The first-order valence-corrected chi connectivity index (χ1v) is 10.4. The van der Waals surface area contributed by atoms with Crippen molar-refractivity contribution >= 4 is 16.7 Å². The average Bonchev–Trinajstić information content (AvgIpc) is 3.30. The number of halogens is 1. The van der Waals surface area contributed by atoms with E-state index in [1.54, 1.807) is 23.1 Å². The van der Waals surface area contributed by atoms with E-state index in [1.807, 2.05) is 0 Å². The molecule has 1 amide bonds. The number of nitrogens with zero attached hydrogens (tertiary/aromatic N) is 3. The van der Waals surface area contributed by atoms with Gasteiger partial charge in [-0.15, -0.1) is 0 Å². The minimum atomic E-state index is -0.403. The van der Waals surface area contributed by atoms with E-state index >= 15 is 0 Å². The van der Waals surface area contributed by atoms with Gasteiger partial charge in [-0.2, -0.15) is 0 Å². The van der Waals surface area contributed by atoms with E-state index in [-0.39, 0.29) is 17.4 Å². The Hall–Kier alpha value is -3.51. The maximum Gasteiger partial charge on any atom is 0.276 e. The first kappa shape index (κ1) is 19.5. The van der Waals surface area contributed by atoms with E-state index in [1.165, 1.54) is 28.5 Å². The van der Waals surface area contributed by atoms with Crippen molar-refractivity contribution in [1.29, 1.82) is 0 Å². The van der Waals surface area contributed by atoms with Crippen LogP contribution in [0.4, 0.5) is 4.39 Å². The predicted molar refractivity (Wildman–Crippen MR) is 117 cm³/mol. The standard InChI is InChI=1S/C25H22FN3O2/c26-22-11-4-3-10-21(22)24-16-23(27-31-24)25(30)29-14-12-28(13-15-29)17-19-8-5-7-18-6-1-2-9-20(18)19/h1-11,16H,12-15,17H2. The lowest BCUT2D eigenvalue weighted by molar-refractivity contribution is 0.0619. The Kier molecular flexibility index (Phi) is 5.22. The van der Waals surface area contributed by atoms with Gasteiger partial charge in [0, 0.05) is 38.8 Å². The van der Waals surface area contributed by atoms with Gasteiger partial charge in [-0.3, -0.25) is 9.69 Å². The Bertz CT molecular complexity index is 1220. The van der Waals surface area contributed by atoms with Crippen LogP contribution in [0.15, 0.2) is 77.3 Å². The molecule has 1 saturated heterocycles. The van der Waals surface area contributed by atoms with Crippen LogP contribution in [0.25, 0.3) is 22.1 Å². The topological polar surface area (TPSA) is 49.6 Å². The highest BCUT2D eigenvalue weighted by molar-refractivity contribution is 5.93. The molecule has 0 bridgehead atoms. The Morgan fingerprint density at radius 2 is 1.68 bits per heavy atom. The molecule has 5 nitrogen and oxygen atoms in total. The zero-order valence-corrected chi connectivity index (χ0v) is 17.0. The SMILES string of the molecule is O=C(c1cc(-c2ccccc2F)on1)N1CCN(Cc2cccc3ccccc23)CC1. The maximum absolute atomic E-state index is 14.0. The molecule has 0 N–H and O–H groups in total. The molecule has 1 aromatic heterocycles. The van der Waals surface area contributed by atoms with Gasteiger partial charge < -0.3 is 9.42 Å². The summed E-state index contributed by atoms with van der Waals surface area (Å²) in [5, 5.41) is 6.39. The molecule has 0 aliphatic carbocycles. The average molecular weight is 415 g/mol. The third-order valence-corrected chi connectivity index (χ3v) is 5.80. The molecule has 0 radical (unpaired) electrons. The lowest BCUT2D eigenvalue weighted by Crippen LogP contribution is -2.48. The summed E-state index contributed by atoms with van der Waals surface area (Å²) in [6.07, 6.45) is 0. The molecule has 1 aliphatic heterocycles. The number of aromatic nitrogens is 1. The number of piperazine rings is 1. The minimum absolute atomic E-state index is 0.184. The fourth-order valence-corrected chi connectivity index (χ4v) is 4.11. The highest BCUT2D eigenvalue weighted by Gasteiger charge is 2.25. The highest BCUT2D eigenvalue weighted by atomic mass is 19.1. The summed E-state index contributed by atoms with van der Waals surface area (Å²) in [6.45, 7) is 3.65. The number of carbonyl (C=O) groups is 1. The smallest absolute Gasteiger partial charge is 0.276 e. The summed E-state index contributed by atoms with van der Waals surface area (Å²) in [5.41, 5.74) is 1.80. The van der Waals surface area contributed by atoms with Crippen LogP contribution in [0, 0.1) is 5.82 Å². The summed E-state index contributed by atoms with van der Waals surface area (Å²) in [5.74, 6) is -0.327. The number of rotatable bonds is 4. The van der Waals surface area contributed by atoms with Crippen molar-refractivity contribution in [3.8, 4) is 11.3 Å². The summed E-state index contributed by atoms with van der Waals surface area (Å²) in [4.78, 5) is 17.0. The third-order valence-electron chi connectivity index (χ3n) is 5.80. The number of hydrogen-bond donors (Lipinski definition) is 0. The van der Waals surface area contributed by atoms with Gasteiger partial charge in [0.15, 0.2) is 11.5 Å². The lowest BCUT2D eigenvalue weighted by atomic mass is 10.0. The zero-order valence-electron chi connectivity index (χ0n) is 17.0. The zero-order chi connectivity index (χ0) is 21.2. The third kappa shape index (κ3) is 3.94. The van der Waals surface area contributed by atoms with Crippen molar-refractivity contribution in [2.75, 3.05) is 26.2 Å². The molecule has 4 aromatic rings. The molecule has 0 spiro atoms. The highest BCUT2D eigenvalue weighted by Crippen LogP contribution is 2.24. The minimum Gasteiger partial charge on any atom is -0.355 e. The van der Waals surface area contributed by atoms with E-state index in [0.717, 1.165) is 19.6 Å². The first-order chi connectivity index (χ1) is 15.2. The van der Waals surface area contributed by atoms with Gasteiger partial charge in [-0.1, -0.05) is 59.8 Å². The van der Waals surface area contributed by atoms with Gasteiger partial charge in [-0.25, -0.2) is 4.39 Å². The molecular weight excluding hydrogens is 393 g/mol. The van der Waals surface area contributed by atoms with Crippen LogP contribution in [-0.4, -0.2) is 47.0 Å². The van der Waals surface area contributed by atoms with Crippen molar-refractivity contribution < 1.29 is 13.7 Å². The second-order valence-corrected chi connectivity index (χ2v) is 7.76. The van der Waals surface area contributed by atoms with Gasteiger partial charge in [-0.05, 0) is 28.5 Å². The van der Waals surface area contributed by atoms with Crippen molar-refractivity contribution in [1.82, 2.24) is 15.0 Å². The van der Waals surface area contributed by atoms with E-state index < -0.39 is 5.82 Å². The lowest BCUT2D eigenvalue weighted by Gasteiger charge is -2.34. The van der Waals surface area contributed by atoms with Gasteiger partial charge >= 0.3 is 0 Å². The van der Waals surface area contributed by atoms with Crippen LogP contribution in [0.2, 0.25) is 0 Å². The molecule has 0 unspecified atom stereocenters. The second-order valence-electron chi connectivity index (χ2n) is 7.76. The Labute approximate surface area is 179 Å². The fourth-order valence-electron chi connectivity index (χ4n) is 4.11. The monoisotopic (exact) mass is 415 g/mol. The Morgan fingerprint density at radius 3 is 2.52 bits per heavy atom. The molecule has 156 valence electrons. The van der Waals surface area contributed by atoms with Crippen molar-refractivity contribution in [2.24, 2.45) is 0 Å². The van der Waals surface area contributed by atoms with Crippen molar-refractivity contribution in [2.45, 2.75) is 6.54 Å². The largest absolute Gasteiger partial charge is 0.355 e. The van der Waals surface area contributed by atoms with Crippen LogP contribution < -0.4 is 0 Å².